The quantitative estimate of drug-likeness (QED) is 0.100. The molecular weight excluding hydrogens is 582 g/mol. The standard InChI is InChI=1S/C37H55N3O6/c1-7-10-17-31(8-2)38(4)25-22-34(41)44-28-37(9-3,29-45-35(42)23-26-39(5)32-18-13-11-14-19-32)30-46-36(43)24-27-40(6)33-20-15-12-16-21-33/h7-8,10-20,33,35,42H,2,9,21-30H2,1,3-6H3. The lowest BCUT2D eigenvalue weighted by Crippen LogP contribution is -2.40. The summed E-state index contributed by atoms with van der Waals surface area (Å²) < 4.78 is 17.4. The first-order valence-corrected chi connectivity index (χ1v) is 16.2. The number of rotatable bonds is 22. The number of benzene rings is 1. The van der Waals surface area contributed by atoms with Crippen molar-refractivity contribution < 1.29 is 28.9 Å². The number of hydrogen-bond acceptors (Lipinski definition) is 9. The van der Waals surface area contributed by atoms with Gasteiger partial charge in [0.15, 0.2) is 6.29 Å². The number of hydrogen-bond donors (Lipinski definition) is 1. The summed E-state index contributed by atoms with van der Waals surface area (Å²) in [6, 6.07) is 10.2. The van der Waals surface area contributed by atoms with Crippen LogP contribution >= 0.6 is 0 Å². The van der Waals surface area contributed by atoms with E-state index in [1.807, 2.05) is 106 Å². The van der Waals surface area contributed by atoms with Gasteiger partial charge in [0.25, 0.3) is 0 Å². The molecule has 0 saturated carbocycles. The third-order valence-electron chi connectivity index (χ3n) is 8.27. The average molecular weight is 638 g/mol. The normalized spacial score (nSPS) is 16.7. The molecule has 1 aliphatic rings. The molecule has 0 amide bonds. The minimum Gasteiger partial charge on any atom is -0.465 e. The molecular formula is C37H55N3O6. The molecule has 0 radical (unpaired) electrons. The maximum Gasteiger partial charge on any atom is 0.307 e. The summed E-state index contributed by atoms with van der Waals surface area (Å²) in [6.07, 6.45) is 16.9. The van der Waals surface area contributed by atoms with Crippen LogP contribution in [0.4, 0.5) is 5.69 Å². The minimum absolute atomic E-state index is 0.00218. The van der Waals surface area contributed by atoms with Gasteiger partial charge in [0.2, 0.25) is 0 Å². The van der Waals surface area contributed by atoms with Crippen molar-refractivity contribution in [2.24, 2.45) is 5.41 Å². The molecule has 254 valence electrons. The Morgan fingerprint density at radius 3 is 2.28 bits per heavy atom. The Kier molecular flexibility index (Phi) is 17.7. The number of allylic oxidation sites excluding steroid dienone is 6. The fourth-order valence-corrected chi connectivity index (χ4v) is 4.78. The number of likely N-dealkylation sites (N-methyl/N-ethyl adjacent to an activating group) is 2. The Balaban J connectivity index is 1.98. The number of ether oxygens (including phenoxy) is 3. The Morgan fingerprint density at radius 2 is 1.70 bits per heavy atom. The molecule has 1 aromatic carbocycles. The van der Waals surface area contributed by atoms with Crippen molar-refractivity contribution in [2.75, 3.05) is 65.5 Å². The molecule has 1 aliphatic carbocycles. The molecule has 0 aliphatic heterocycles. The fourth-order valence-electron chi connectivity index (χ4n) is 4.78. The number of aliphatic hydroxyl groups is 1. The third-order valence-corrected chi connectivity index (χ3v) is 8.27. The summed E-state index contributed by atoms with van der Waals surface area (Å²) in [5, 5.41) is 10.7. The second-order valence-electron chi connectivity index (χ2n) is 11.8. The maximum atomic E-state index is 12.8. The van der Waals surface area contributed by atoms with Crippen LogP contribution in [0.15, 0.2) is 91.2 Å². The molecule has 0 heterocycles. The summed E-state index contributed by atoms with van der Waals surface area (Å²) in [5.74, 6) is -0.699. The van der Waals surface area contributed by atoms with Gasteiger partial charge in [0.05, 0.1) is 24.9 Å². The number of para-hydroxylation sites is 1. The van der Waals surface area contributed by atoms with Crippen molar-refractivity contribution in [3.05, 3.63) is 91.2 Å². The van der Waals surface area contributed by atoms with Crippen LogP contribution in [0.3, 0.4) is 0 Å². The second-order valence-corrected chi connectivity index (χ2v) is 11.8. The van der Waals surface area contributed by atoms with Crippen LogP contribution in [0.25, 0.3) is 0 Å². The minimum atomic E-state index is -1.04. The number of esters is 2. The Labute approximate surface area is 276 Å². The number of carbonyl (C=O) groups is 2. The SMILES string of the molecule is C=CC(=CC=CC)N(C)CCC(=O)OCC(CC)(COC(=O)CCN(C)C1C=CC=CC1)COC(O)CCN(C)c1ccccc1. The van der Waals surface area contributed by atoms with Crippen molar-refractivity contribution >= 4 is 17.6 Å². The molecule has 1 aromatic rings. The van der Waals surface area contributed by atoms with Gasteiger partial charge in [0, 0.05) is 57.6 Å². The summed E-state index contributed by atoms with van der Waals surface area (Å²) >= 11 is 0. The van der Waals surface area contributed by atoms with Crippen LogP contribution in [0.2, 0.25) is 0 Å². The number of aliphatic hydroxyl groups excluding tert-OH is 1. The van der Waals surface area contributed by atoms with Crippen LogP contribution in [0.5, 0.6) is 0 Å². The highest BCUT2D eigenvalue weighted by atomic mass is 16.6. The highest BCUT2D eigenvalue weighted by Crippen LogP contribution is 2.26. The summed E-state index contributed by atoms with van der Waals surface area (Å²) in [4.78, 5) is 31.8. The highest BCUT2D eigenvalue weighted by molar-refractivity contribution is 5.70. The van der Waals surface area contributed by atoms with Gasteiger partial charge in [-0.25, -0.2) is 0 Å². The molecule has 9 heteroatoms. The zero-order valence-corrected chi connectivity index (χ0v) is 28.5. The summed E-state index contributed by atoms with van der Waals surface area (Å²) in [7, 11) is 5.85. The molecule has 0 saturated heterocycles. The molecule has 9 nitrogen and oxygen atoms in total. The van der Waals surface area contributed by atoms with Crippen molar-refractivity contribution in [3.63, 3.8) is 0 Å². The van der Waals surface area contributed by atoms with Gasteiger partial charge >= 0.3 is 11.9 Å². The monoisotopic (exact) mass is 637 g/mol. The van der Waals surface area contributed by atoms with Gasteiger partial charge in [-0.3, -0.25) is 14.5 Å². The molecule has 0 bridgehead atoms. The number of nitrogens with zero attached hydrogens (tertiary/aromatic N) is 3. The van der Waals surface area contributed by atoms with E-state index in [0.29, 0.717) is 32.5 Å². The first-order chi connectivity index (χ1) is 22.1. The first-order valence-electron chi connectivity index (χ1n) is 16.2. The van der Waals surface area contributed by atoms with Crippen molar-refractivity contribution in [1.29, 1.82) is 0 Å². The molecule has 3 atom stereocenters. The zero-order chi connectivity index (χ0) is 33.8. The van der Waals surface area contributed by atoms with E-state index in [9.17, 15) is 14.7 Å². The molecule has 0 aromatic heterocycles. The Bertz CT molecular complexity index is 1180. The van der Waals surface area contributed by atoms with E-state index in [4.69, 9.17) is 14.2 Å². The summed E-state index contributed by atoms with van der Waals surface area (Å²) in [5.41, 5.74) is 1.12. The number of anilines is 1. The lowest BCUT2D eigenvalue weighted by molar-refractivity contribution is -0.170. The lowest BCUT2D eigenvalue weighted by atomic mass is 9.88. The predicted octanol–water partition coefficient (Wildman–Crippen LogP) is 5.51. The van der Waals surface area contributed by atoms with E-state index in [-0.39, 0.29) is 50.6 Å². The topological polar surface area (TPSA) is 91.8 Å². The lowest BCUT2D eigenvalue weighted by Gasteiger charge is -2.33. The maximum absolute atomic E-state index is 12.8. The Morgan fingerprint density at radius 1 is 1.02 bits per heavy atom. The van der Waals surface area contributed by atoms with Crippen LogP contribution in [-0.4, -0.2) is 99.8 Å². The van der Waals surface area contributed by atoms with Crippen molar-refractivity contribution in [1.82, 2.24) is 9.80 Å². The van der Waals surface area contributed by atoms with Crippen LogP contribution in [-0.2, 0) is 23.8 Å². The Hall–Kier alpha value is -3.66. The van der Waals surface area contributed by atoms with Crippen LogP contribution in [0.1, 0.15) is 46.0 Å². The van der Waals surface area contributed by atoms with E-state index in [1.165, 1.54) is 0 Å². The van der Waals surface area contributed by atoms with E-state index in [2.05, 4.69) is 23.6 Å². The highest BCUT2D eigenvalue weighted by Gasteiger charge is 2.34. The summed E-state index contributed by atoms with van der Waals surface area (Å²) in [6.45, 7) is 9.38. The van der Waals surface area contributed by atoms with Gasteiger partial charge in [-0.2, -0.15) is 0 Å². The molecule has 2 rings (SSSR count). The van der Waals surface area contributed by atoms with E-state index < -0.39 is 11.7 Å². The molecule has 1 N–H and O–H groups in total. The van der Waals surface area contributed by atoms with Gasteiger partial charge in [-0.05, 0) is 51.1 Å². The molecule has 3 unspecified atom stereocenters. The second kappa shape index (κ2) is 21.2. The number of carbonyl (C=O) groups excluding carboxylic acids is 2. The third kappa shape index (κ3) is 14.2. The molecule has 0 spiro atoms. The van der Waals surface area contributed by atoms with Gasteiger partial charge in [-0.1, -0.05) is 68.2 Å². The average Bonchev–Trinajstić information content (AvgIpc) is 3.09. The van der Waals surface area contributed by atoms with Crippen LogP contribution < -0.4 is 4.90 Å². The van der Waals surface area contributed by atoms with E-state index in [1.54, 1.807) is 6.08 Å². The van der Waals surface area contributed by atoms with Crippen molar-refractivity contribution in [3.8, 4) is 0 Å². The zero-order valence-electron chi connectivity index (χ0n) is 28.5. The van der Waals surface area contributed by atoms with Gasteiger partial charge < -0.3 is 29.1 Å². The first kappa shape index (κ1) is 38.5. The van der Waals surface area contributed by atoms with Gasteiger partial charge in [-0.15, -0.1) is 0 Å². The molecule has 46 heavy (non-hydrogen) atoms. The van der Waals surface area contributed by atoms with Gasteiger partial charge in [0.1, 0.15) is 13.2 Å². The smallest absolute Gasteiger partial charge is 0.307 e. The van der Waals surface area contributed by atoms with E-state index >= 15 is 0 Å². The predicted molar refractivity (Wildman–Crippen MR) is 185 cm³/mol. The largest absolute Gasteiger partial charge is 0.465 e. The fraction of sp³-hybridized carbons (Fsp3) is 0.514. The van der Waals surface area contributed by atoms with Crippen molar-refractivity contribution in [2.45, 2.75) is 58.3 Å². The van der Waals surface area contributed by atoms with Crippen LogP contribution in [0, 0.1) is 5.41 Å². The molecule has 0 fully saturated rings. The van der Waals surface area contributed by atoms with E-state index in [0.717, 1.165) is 17.8 Å².